The van der Waals surface area contributed by atoms with Gasteiger partial charge < -0.3 is 4.74 Å². The predicted octanol–water partition coefficient (Wildman–Crippen LogP) is 3.07. The predicted molar refractivity (Wildman–Crippen MR) is 75.9 cm³/mol. The highest BCUT2D eigenvalue weighted by molar-refractivity contribution is 6.16. The first-order valence-electron chi connectivity index (χ1n) is 6.09. The number of fused-ring (bicyclic) bond motifs is 2. The van der Waals surface area contributed by atoms with Crippen molar-refractivity contribution in [2.45, 2.75) is 0 Å². The summed E-state index contributed by atoms with van der Waals surface area (Å²) in [5.74, 6) is -0.379. The lowest BCUT2D eigenvalue weighted by Crippen LogP contribution is -2.13. The zero-order valence-corrected chi connectivity index (χ0v) is 10.3. The van der Waals surface area contributed by atoms with Crippen molar-refractivity contribution in [3.63, 3.8) is 0 Å². The van der Waals surface area contributed by atoms with Crippen molar-refractivity contribution in [2.24, 2.45) is 5.73 Å². The topological polar surface area (TPSA) is 52.3 Å². The summed E-state index contributed by atoms with van der Waals surface area (Å²) in [5, 5.41) is 3.81. The van der Waals surface area contributed by atoms with E-state index in [9.17, 15) is 4.79 Å². The van der Waals surface area contributed by atoms with Gasteiger partial charge >= 0.3 is 5.97 Å². The van der Waals surface area contributed by atoms with Gasteiger partial charge in [0.2, 0.25) is 0 Å². The minimum atomic E-state index is -0.379. The Kier molecular flexibility index (Phi) is 2.89. The summed E-state index contributed by atoms with van der Waals surface area (Å²) in [6, 6.07) is 17.6. The molecule has 0 bridgehead atoms. The largest absolute Gasteiger partial charge is 0.446 e. The van der Waals surface area contributed by atoms with Crippen molar-refractivity contribution in [1.82, 2.24) is 0 Å². The SMILES string of the molecule is NCOC(=O)c1c2ccccc2cc2ccccc12. The van der Waals surface area contributed by atoms with Gasteiger partial charge in [0.1, 0.15) is 6.73 Å². The fourth-order valence-electron chi connectivity index (χ4n) is 2.38. The first kappa shape index (κ1) is 11.7. The third-order valence-corrected chi connectivity index (χ3v) is 3.19. The quantitative estimate of drug-likeness (QED) is 0.432. The molecule has 3 heteroatoms. The molecule has 0 atom stereocenters. The minimum absolute atomic E-state index is 0.115. The summed E-state index contributed by atoms with van der Waals surface area (Å²) < 4.78 is 4.98. The van der Waals surface area contributed by atoms with E-state index in [0.29, 0.717) is 5.56 Å². The lowest BCUT2D eigenvalue weighted by molar-refractivity contribution is 0.0520. The summed E-state index contributed by atoms with van der Waals surface area (Å²) in [6.45, 7) is -0.115. The van der Waals surface area contributed by atoms with E-state index < -0.39 is 0 Å². The van der Waals surface area contributed by atoms with Gasteiger partial charge in [-0.2, -0.15) is 0 Å². The number of benzene rings is 3. The maximum atomic E-state index is 12.2. The van der Waals surface area contributed by atoms with Gasteiger partial charge in [0.15, 0.2) is 0 Å². The molecule has 3 aromatic rings. The monoisotopic (exact) mass is 251 g/mol. The van der Waals surface area contributed by atoms with Gasteiger partial charge in [-0.05, 0) is 27.6 Å². The van der Waals surface area contributed by atoms with Crippen LogP contribution in [0.15, 0.2) is 54.6 Å². The summed E-state index contributed by atoms with van der Waals surface area (Å²) in [7, 11) is 0. The number of hydrogen-bond donors (Lipinski definition) is 1. The average molecular weight is 251 g/mol. The maximum absolute atomic E-state index is 12.2. The molecule has 2 N–H and O–H groups in total. The molecule has 0 spiro atoms. The molecule has 19 heavy (non-hydrogen) atoms. The first-order chi connectivity index (χ1) is 9.31. The molecule has 0 amide bonds. The fraction of sp³-hybridized carbons (Fsp3) is 0.0625. The Labute approximate surface area is 110 Å². The Morgan fingerprint density at radius 3 is 2.00 bits per heavy atom. The van der Waals surface area contributed by atoms with Crippen LogP contribution in [-0.4, -0.2) is 12.7 Å². The van der Waals surface area contributed by atoms with Gasteiger partial charge in [-0.15, -0.1) is 0 Å². The van der Waals surface area contributed by atoms with Crippen LogP contribution < -0.4 is 5.73 Å². The van der Waals surface area contributed by atoms with Crippen LogP contribution in [0.25, 0.3) is 21.5 Å². The molecule has 3 aromatic carbocycles. The van der Waals surface area contributed by atoms with Crippen LogP contribution in [0.2, 0.25) is 0 Å². The smallest absolute Gasteiger partial charge is 0.340 e. The average Bonchev–Trinajstić information content (AvgIpc) is 2.44. The highest BCUT2D eigenvalue weighted by Crippen LogP contribution is 2.28. The zero-order valence-electron chi connectivity index (χ0n) is 10.3. The van der Waals surface area contributed by atoms with Crippen molar-refractivity contribution < 1.29 is 9.53 Å². The van der Waals surface area contributed by atoms with Gasteiger partial charge in [-0.25, -0.2) is 4.79 Å². The molecule has 0 aromatic heterocycles. The van der Waals surface area contributed by atoms with Crippen molar-refractivity contribution >= 4 is 27.5 Å². The van der Waals surface area contributed by atoms with Crippen LogP contribution in [0.4, 0.5) is 0 Å². The first-order valence-corrected chi connectivity index (χ1v) is 6.09. The number of rotatable bonds is 2. The third kappa shape index (κ3) is 1.94. The second-order valence-electron chi connectivity index (χ2n) is 4.29. The van der Waals surface area contributed by atoms with E-state index in [4.69, 9.17) is 10.5 Å². The molecule has 0 aliphatic heterocycles. The van der Waals surface area contributed by atoms with Crippen LogP contribution >= 0.6 is 0 Å². The normalized spacial score (nSPS) is 10.8. The van der Waals surface area contributed by atoms with E-state index in [1.165, 1.54) is 0 Å². The molecule has 0 saturated carbocycles. The number of hydrogen-bond acceptors (Lipinski definition) is 3. The summed E-state index contributed by atoms with van der Waals surface area (Å²) >= 11 is 0. The van der Waals surface area contributed by atoms with E-state index in [1.807, 2.05) is 48.5 Å². The molecule has 94 valence electrons. The fourth-order valence-corrected chi connectivity index (χ4v) is 2.38. The summed E-state index contributed by atoms with van der Waals surface area (Å²) in [6.07, 6.45) is 0. The van der Waals surface area contributed by atoms with Crippen LogP contribution in [0.1, 0.15) is 10.4 Å². The molecule has 0 unspecified atom stereocenters. The van der Waals surface area contributed by atoms with Crippen molar-refractivity contribution in [3.8, 4) is 0 Å². The molecule has 0 saturated heterocycles. The van der Waals surface area contributed by atoms with Crippen molar-refractivity contribution in [1.29, 1.82) is 0 Å². The van der Waals surface area contributed by atoms with Crippen molar-refractivity contribution in [3.05, 3.63) is 60.2 Å². The van der Waals surface area contributed by atoms with E-state index >= 15 is 0 Å². The summed E-state index contributed by atoms with van der Waals surface area (Å²) in [5.41, 5.74) is 5.89. The van der Waals surface area contributed by atoms with Gasteiger partial charge in [0.25, 0.3) is 0 Å². The minimum Gasteiger partial charge on any atom is -0.446 e. The molecule has 3 nitrogen and oxygen atoms in total. The Morgan fingerprint density at radius 1 is 0.947 bits per heavy atom. The third-order valence-electron chi connectivity index (χ3n) is 3.19. The highest BCUT2D eigenvalue weighted by atomic mass is 16.5. The second-order valence-corrected chi connectivity index (χ2v) is 4.29. The van der Waals surface area contributed by atoms with E-state index in [0.717, 1.165) is 21.5 Å². The molecule has 0 fully saturated rings. The molecule has 0 aliphatic carbocycles. The Morgan fingerprint density at radius 2 is 1.47 bits per heavy atom. The van der Waals surface area contributed by atoms with E-state index in [1.54, 1.807) is 0 Å². The van der Waals surface area contributed by atoms with Crippen LogP contribution in [0, 0.1) is 0 Å². The zero-order chi connectivity index (χ0) is 13.2. The summed E-state index contributed by atoms with van der Waals surface area (Å²) in [4.78, 5) is 12.2. The van der Waals surface area contributed by atoms with E-state index in [2.05, 4.69) is 6.07 Å². The molecular formula is C16H13NO2. The molecule has 0 aliphatic rings. The lowest BCUT2D eigenvalue weighted by atomic mass is 9.97. The van der Waals surface area contributed by atoms with Gasteiger partial charge in [0, 0.05) is 0 Å². The maximum Gasteiger partial charge on any atom is 0.340 e. The van der Waals surface area contributed by atoms with Gasteiger partial charge in [-0.1, -0.05) is 48.5 Å². The van der Waals surface area contributed by atoms with E-state index in [-0.39, 0.29) is 12.7 Å². The number of nitrogens with two attached hydrogens (primary N) is 1. The standard InChI is InChI=1S/C16H13NO2/c17-10-19-16(18)15-13-7-3-1-5-11(13)9-12-6-2-4-8-14(12)15/h1-9H,10,17H2. The Hall–Kier alpha value is -2.39. The number of ether oxygens (including phenoxy) is 1. The number of carbonyl (C=O) groups excluding carboxylic acids is 1. The molecule has 0 heterocycles. The lowest BCUT2D eigenvalue weighted by Gasteiger charge is -2.10. The molecule has 3 rings (SSSR count). The van der Waals surface area contributed by atoms with Crippen LogP contribution in [0.3, 0.4) is 0 Å². The molecular weight excluding hydrogens is 238 g/mol. The Balaban J connectivity index is 2.43. The number of esters is 1. The van der Waals surface area contributed by atoms with Gasteiger partial charge in [-0.3, -0.25) is 5.73 Å². The van der Waals surface area contributed by atoms with Crippen LogP contribution in [-0.2, 0) is 4.74 Å². The second kappa shape index (κ2) is 4.71. The molecule has 0 radical (unpaired) electrons. The van der Waals surface area contributed by atoms with Gasteiger partial charge in [0.05, 0.1) is 5.56 Å². The highest BCUT2D eigenvalue weighted by Gasteiger charge is 2.15. The Bertz CT molecular complexity index is 711. The van der Waals surface area contributed by atoms with Crippen molar-refractivity contribution in [2.75, 3.05) is 6.73 Å². The van der Waals surface area contributed by atoms with Crippen LogP contribution in [0.5, 0.6) is 0 Å². The number of carbonyl (C=O) groups is 1.